The number of benzene rings is 3. The first kappa shape index (κ1) is 25.0. The van der Waals surface area contributed by atoms with E-state index in [1.54, 1.807) is 48.2 Å². The number of carbonyl (C=O) groups excluding carboxylic acids is 2. The number of nitro groups is 1. The van der Waals surface area contributed by atoms with Crippen LogP contribution in [0.25, 0.3) is 0 Å². The van der Waals surface area contributed by atoms with Crippen LogP contribution in [0.3, 0.4) is 0 Å². The van der Waals surface area contributed by atoms with Crippen molar-refractivity contribution in [2.24, 2.45) is 0 Å². The second kappa shape index (κ2) is 10.7. The van der Waals surface area contributed by atoms with Crippen molar-refractivity contribution < 1.29 is 19.2 Å². The van der Waals surface area contributed by atoms with Crippen LogP contribution in [0, 0.1) is 10.1 Å². The Kier molecular flexibility index (Phi) is 7.40. The molecule has 1 atom stereocenters. The van der Waals surface area contributed by atoms with Gasteiger partial charge in [0.2, 0.25) is 11.7 Å². The van der Waals surface area contributed by atoms with Gasteiger partial charge in [-0.15, -0.1) is 0 Å². The van der Waals surface area contributed by atoms with Gasteiger partial charge in [0.1, 0.15) is 5.75 Å². The highest BCUT2D eigenvalue weighted by Gasteiger charge is 2.27. The average Bonchev–Trinajstić information content (AvgIpc) is 3.35. The molecular weight excluding hydrogens is 484 g/mol. The summed E-state index contributed by atoms with van der Waals surface area (Å²) in [6.07, 6.45) is 0.894. The molecule has 0 aliphatic carbocycles. The molecule has 2 amide bonds. The summed E-state index contributed by atoms with van der Waals surface area (Å²) in [5.74, 6) is -0.0300. The van der Waals surface area contributed by atoms with Crippen LogP contribution in [0.15, 0.2) is 66.7 Å². The highest BCUT2D eigenvalue weighted by molar-refractivity contribution is 6.30. The van der Waals surface area contributed by atoms with Gasteiger partial charge in [0, 0.05) is 55.1 Å². The van der Waals surface area contributed by atoms with Gasteiger partial charge >= 0.3 is 5.69 Å². The van der Waals surface area contributed by atoms with E-state index in [9.17, 15) is 19.7 Å². The molecule has 0 saturated carbocycles. The Morgan fingerprint density at radius 1 is 1.11 bits per heavy atom. The van der Waals surface area contributed by atoms with E-state index < -0.39 is 10.8 Å². The Balaban J connectivity index is 1.43. The van der Waals surface area contributed by atoms with Crippen LogP contribution >= 0.6 is 11.6 Å². The number of amides is 2. The van der Waals surface area contributed by atoms with E-state index in [0.717, 1.165) is 25.2 Å². The van der Waals surface area contributed by atoms with E-state index in [-0.39, 0.29) is 28.9 Å². The summed E-state index contributed by atoms with van der Waals surface area (Å²) in [6.45, 7) is 3.15. The van der Waals surface area contributed by atoms with Crippen LogP contribution in [-0.4, -0.2) is 47.8 Å². The van der Waals surface area contributed by atoms with Crippen molar-refractivity contribution in [3.8, 4) is 11.5 Å². The maximum atomic E-state index is 12.8. The molecule has 186 valence electrons. The van der Waals surface area contributed by atoms with Crippen molar-refractivity contribution in [3.05, 3.63) is 87.4 Å². The molecule has 9 nitrogen and oxygen atoms in total. The summed E-state index contributed by atoms with van der Waals surface area (Å²) in [6, 6.07) is 18.0. The van der Waals surface area contributed by atoms with Gasteiger partial charge in [0.25, 0.3) is 5.91 Å². The number of anilines is 2. The quantitative estimate of drug-likeness (QED) is 0.340. The lowest BCUT2D eigenvalue weighted by Gasteiger charge is -2.24. The third kappa shape index (κ3) is 5.75. The molecule has 3 aromatic carbocycles. The zero-order valence-electron chi connectivity index (χ0n) is 19.8. The topological polar surface area (TPSA) is 105 Å². The maximum absolute atomic E-state index is 12.8. The third-order valence-electron chi connectivity index (χ3n) is 6.16. The Bertz CT molecular complexity index is 1280. The van der Waals surface area contributed by atoms with Crippen LogP contribution < -0.4 is 15.0 Å². The second-order valence-corrected chi connectivity index (χ2v) is 8.95. The molecule has 1 unspecified atom stereocenters. The SMILES string of the molecule is CC(=O)N(C)C1CCN(c2ccc(NC(=O)c3ccc(Oc4ccc(Cl)cc4)c([N+](=O)[O-])c3)cc2)C1. The first-order valence-electron chi connectivity index (χ1n) is 11.3. The van der Waals surface area contributed by atoms with Gasteiger partial charge in [-0.3, -0.25) is 19.7 Å². The Hall–Kier alpha value is -4.11. The number of halogens is 1. The average molecular weight is 509 g/mol. The standard InChI is InChI=1S/C26H25ClN4O5/c1-17(32)29(2)22-13-14-30(16-22)21-8-6-20(7-9-21)28-26(33)18-3-12-25(24(15-18)31(34)35)36-23-10-4-19(27)5-11-23/h3-12,15,22H,13-14,16H2,1-2H3,(H,28,33). The Labute approximate surface area is 213 Å². The van der Waals surface area contributed by atoms with E-state index in [2.05, 4.69) is 10.2 Å². The molecule has 0 aromatic heterocycles. The van der Waals surface area contributed by atoms with Crippen molar-refractivity contribution >= 4 is 40.5 Å². The Morgan fingerprint density at radius 3 is 2.44 bits per heavy atom. The normalized spacial score (nSPS) is 14.9. The number of carbonyl (C=O) groups is 2. The first-order valence-corrected chi connectivity index (χ1v) is 11.7. The monoisotopic (exact) mass is 508 g/mol. The molecule has 0 bridgehead atoms. The molecule has 1 fully saturated rings. The molecule has 0 spiro atoms. The Morgan fingerprint density at radius 2 is 1.81 bits per heavy atom. The third-order valence-corrected chi connectivity index (χ3v) is 6.41. The molecule has 36 heavy (non-hydrogen) atoms. The fraction of sp³-hybridized carbons (Fsp3) is 0.231. The van der Waals surface area contributed by atoms with Crippen LogP contribution in [0.4, 0.5) is 17.1 Å². The molecule has 0 radical (unpaired) electrons. The molecule has 3 aromatic rings. The van der Waals surface area contributed by atoms with Gasteiger partial charge in [-0.2, -0.15) is 0 Å². The largest absolute Gasteiger partial charge is 0.450 e. The lowest BCUT2D eigenvalue weighted by molar-refractivity contribution is -0.385. The van der Waals surface area contributed by atoms with Gasteiger partial charge in [0.05, 0.1) is 11.0 Å². The summed E-state index contributed by atoms with van der Waals surface area (Å²) in [4.78, 5) is 39.4. The summed E-state index contributed by atoms with van der Waals surface area (Å²) >= 11 is 5.86. The lowest BCUT2D eigenvalue weighted by atomic mass is 10.1. The predicted molar refractivity (Wildman–Crippen MR) is 138 cm³/mol. The van der Waals surface area contributed by atoms with Crippen LogP contribution in [0.1, 0.15) is 23.7 Å². The number of likely N-dealkylation sites (N-methyl/N-ethyl adjacent to an activating group) is 1. The molecule has 1 saturated heterocycles. The van der Waals surface area contributed by atoms with E-state index in [1.165, 1.54) is 18.2 Å². The van der Waals surface area contributed by atoms with E-state index >= 15 is 0 Å². The number of nitro benzene ring substituents is 1. The minimum atomic E-state index is -0.594. The summed E-state index contributed by atoms with van der Waals surface area (Å²) < 4.78 is 5.62. The van der Waals surface area contributed by atoms with Gasteiger partial charge in [-0.1, -0.05) is 11.6 Å². The summed E-state index contributed by atoms with van der Waals surface area (Å²) in [5.41, 5.74) is 1.35. The molecule has 1 N–H and O–H groups in total. The van der Waals surface area contributed by atoms with E-state index in [4.69, 9.17) is 16.3 Å². The highest BCUT2D eigenvalue weighted by atomic mass is 35.5. The van der Waals surface area contributed by atoms with Crippen molar-refractivity contribution in [3.63, 3.8) is 0 Å². The maximum Gasteiger partial charge on any atom is 0.312 e. The van der Waals surface area contributed by atoms with Crippen molar-refractivity contribution in [2.75, 3.05) is 30.4 Å². The zero-order chi connectivity index (χ0) is 25.8. The molecule has 1 aliphatic rings. The van der Waals surface area contributed by atoms with Gasteiger partial charge in [0.15, 0.2) is 0 Å². The van der Waals surface area contributed by atoms with Gasteiger partial charge in [-0.25, -0.2) is 0 Å². The predicted octanol–water partition coefficient (Wildman–Crippen LogP) is 5.35. The van der Waals surface area contributed by atoms with E-state index in [1.807, 2.05) is 19.2 Å². The summed E-state index contributed by atoms with van der Waals surface area (Å²) in [5, 5.41) is 14.9. The van der Waals surface area contributed by atoms with Crippen LogP contribution in [0.5, 0.6) is 11.5 Å². The van der Waals surface area contributed by atoms with Crippen molar-refractivity contribution in [1.29, 1.82) is 0 Å². The molecule has 1 heterocycles. The minimum absolute atomic E-state index is 0.0163. The number of hydrogen-bond donors (Lipinski definition) is 1. The number of hydrogen-bond acceptors (Lipinski definition) is 6. The van der Waals surface area contributed by atoms with Crippen LogP contribution in [-0.2, 0) is 4.79 Å². The fourth-order valence-electron chi connectivity index (χ4n) is 4.03. The number of nitrogens with zero attached hydrogens (tertiary/aromatic N) is 3. The fourth-order valence-corrected chi connectivity index (χ4v) is 4.15. The molecule has 10 heteroatoms. The number of nitrogens with one attached hydrogen (secondary N) is 1. The number of ether oxygens (including phenoxy) is 1. The van der Waals surface area contributed by atoms with E-state index in [0.29, 0.717) is 16.5 Å². The highest BCUT2D eigenvalue weighted by Crippen LogP contribution is 2.33. The zero-order valence-corrected chi connectivity index (χ0v) is 20.6. The van der Waals surface area contributed by atoms with Gasteiger partial charge < -0.3 is 19.9 Å². The minimum Gasteiger partial charge on any atom is -0.450 e. The molecule has 4 rings (SSSR count). The van der Waals surface area contributed by atoms with Crippen molar-refractivity contribution in [1.82, 2.24) is 4.90 Å². The molecular formula is C26H25ClN4O5. The molecule has 1 aliphatic heterocycles. The smallest absolute Gasteiger partial charge is 0.312 e. The number of rotatable bonds is 7. The summed E-state index contributed by atoms with van der Waals surface area (Å²) in [7, 11) is 1.82. The lowest BCUT2D eigenvalue weighted by Crippen LogP contribution is -2.37. The first-order chi connectivity index (χ1) is 17.2. The second-order valence-electron chi connectivity index (χ2n) is 8.52. The van der Waals surface area contributed by atoms with Crippen molar-refractivity contribution in [2.45, 2.75) is 19.4 Å². The van der Waals surface area contributed by atoms with Crippen LogP contribution in [0.2, 0.25) is 5.02 Å². The van der Waals surface area contributed by atoms with Gasteiger partial charge in [-0.05, 0) is 67.1 Å².